The van der Waals surface area contributed by atoms with Gasteiger partial charge in [-0.3, -0.25) is 10.1 Å². The molecule has 1 aromatic rings. The van der Waals surface area contributed by atoms with Gasteiger partial charge in [0.25, 0.3) is 6.20 Å². The molecular weight excluding hydrogens is 257 g/mol. The summed E-state index contributed by atoms with van der Waals surface area (Å²) < 4.78 is 0.416. The van der Waals surface area contributed by atoms with Gasteiger partial charge in [-0.15, -0.1) is 24.4 Å². The molecule has 0 aliphatic heterocycles. The van der Waals surface area contributed by atoms with Crippen LogP contribution in [0, 0.1) is 10.1 Å². The molecule has 1 aromatic carbocycles. The molecule has 1 rings (SSSR count). The summed E-state index contributed by atoms with van der Waals surface area (Å²) in [6.07, 6.45) is 0.900. The summed E-state index contributed by atoms with van der Waals surface area (Å²) in [4.78, 5) is 9.59. The second kappa shape index (κ2) is 8.80. The van der Waals surface area contributed by atoms with E-state index in [9.17, 15) is 10.1 Å². The van der Waals surface area contributed by atoms with Gasteiger partial charge in [-0.25, -0.2) is 0 Å². The molecule has 0 amide bonds. The number of benzene rings is 1. The summed E-state index contributed by atoms with van der Waals surface area (Å²) in [6, 6.07) is 9.75. The van der Waals surface area contributed by atoms with Crippen LogP contribution < -0.4 is 0 Å². The minimum absolute atomic E-state index is 0. The molecule has 6 heteroatoms. The van der Waals surface area contributed by atoms with Crippen LogP contribution in [0.4, 0.5) is 0 Å². The predicted molar refractivity (Wildman–Crippen MR) is 68.9 cm³/mol. The van der Waals surface area contributed by atoms with E-state index in [0.717, 1.165) is 11.8 Å². The SMILES string of the molecule is O=[N+]([O-])C=C(S)SCc1ccccc1.[KH]. The molecule has 0 aromatic heterocycles. The van der Waals surface area contributed by atoms with Crippen molar-refractivity contribution in [3.05, 3.63) is 56.4 Å². The van der Waals surface area contributed by atoms with Crippen LogP contribution in [0.3, 0.4) is 0 Å². The molecule has 0 saturated heterocycles. The standard InChI is InChI=1S/C9H9NO2S2.K.H/c11-10(12)6-9(13)14-7-8-4-2-1-3-5-8;;/h1-6,13H,7H2;;. The summed E-state index contributed by atoms with van der Waals surface area (Å²) in [5.41, 5.74) is 1.13. The van der Waals surface area contributed by atoms with Crippen LogP contribution in [0.15, 0.2) is 40.8 Å². The van der Waals surface area contributed by atoms with Crippen LogP contribution in [0.25, 0.3) is 0 Å². The van der Waals surface area contributed by atoms with Crippen LogP contribution in [-0.4, -0.2) is 56.3 Å². The van der Waals surface area contributed by atoms with E-state index >= 15 is 0 Å². The van der Waals surface area contributed by atoms with Crippen LogP contribution in [0.5, 0.6) is 0 Å². The van der Waals surface area contributed by atoms with E-state index < -0.39 is 4.92 Å². The Labute approximate surface area is 141 Å². The Morgan fingerprint density at radius 2 is 2.07 bits per heavy atom. The number of hydrogen-bond acceptors (Lipinski definition) is 4. The van der Waals surface area contributed by atoms with E-state index in [-0.39, 0.29) is 51.4 Å². The molecule has 0 saturated carbocycles. The van der Waals surface area contributed by atoms with E-state index in [4.69, 9.17) is 0 Å². The Morgan fingerprint density at radius 3 is 2.60 bits per heavy atom. The van der Waals surface area contributed by atoms with E-state index in [1.165, 1.54) is 11.8 Å². The third-order valence-electron chi connectivity index (χ3n) is 1.45. The zero-order valence-electron chi connectivity index (χ0n) is 7.29. The fraction of sp³-hybridized carbons (Fsp3) is 0.111. The molecule has 0 bridgehead atoms. The van der Waals surface area contributed by atoms with Crippen molar-refractivity contribution in [3.63, 3.8) is 0 Å². The molecular formula is C9H10KNO2S2. The summed E-state index contributed by atoms with van der Waals surface area (Å²) in [6.45, 7) is 0. The van der Waals surface area contributed by atoms with Gasteiger partial charge in [0, 0.05) is 5.75 Å². The predicted octanol–water partition coefficient (Wildman–Crippen LogP) is 2.28. The normalized spacial score (nSPS) is 10.6. The quantitative estimate of drug-likeness (QED) is 0.394. The van der Waals surface area contributed by atoms with Gasteiger partial charge in [-0.05, 0) is 5.56 Å². The average molecular weight is 267 g/mol. The number of thioether (sulfide) groups is 1. The third-order valence-corrected chi connectivity index (χ3v) is 2.83. The van der Waals surface area contributed by atoms with Gasteiger partial charge in [-0.1, -0.05) is 30.3 Å². The fourth-order valence-electron chi connectivity index (χ4n) is 0.859. The zero-order valence-corrected chi connectivity index (χ0v) is 9.00. The van der Waals surface area contributed by atoms with Crippen LogP contribution in [0.2, 0.25) is 0 Å². The number of nitro groups is 1. The molecule has 15 heavy (non-hydrogen) atoms. The average Bonchev–Trinajstić information content (AvgIpc) is 2.15. The van der Waals surface area contributed by atoms with E-state index in [2.05, 4.69) is 12.6 Å². The first-order chi connectivity index (χ1) is 6.68. The number of nitrogens with zero attached hydrogens (tertiary/aromatic N) is 1. The van der Waals surface area contributed by atoms with Crippen LogP contribution in [0.1, 0.15) is 5.56 Å². The van der Waals surface area contributed by atoms with Gasteiger partial charge in [0.1, 0.15) is 4.24 Å². The van der Waals surface area contributed by atoms with Crippen LogP contribution in [-0.2, 0) is 5.75 Å². The molecule has 0 aliphatic rings. The third kappa shape index (κ3) is 7.56. The van der Waals surface area contributed by atoms with Gasteiger partial charge < -0.3 is 0 Å². The van der Waals surface area contributed by atoms with E-state index in [1.54, 1.807) is 0 Å². The Balaban J connectivity index is 0.00000196. The van der Waals surface area contributed by atoms with Crippen molar-refractivity contribution in [2.45, 2.75) is 5.75 Å². The number of hydrogen-bond donors (Lipinski definition) is 1. The topological polar surface area (TPSA) is 43.1 Å². The first-order valence-corrected chi connectivity index (χ1v) is 5.33. The molecule has 0 spiro atoms. The first-order valence-electron chi connectivity index (χ1n) is 3.89. The molecule has 0 N–H and O–H groups in total. The van der Waals surface area contributed by atoms with E-state index in [1.807, 2.05) is 30.3 Å². The Bertz CT molecular complexity index is 343. The Morgan fingerprint density at radius 1 is 1.47 bits per heavy atom. The maximum atomic E-state index is 10.1. The second-order valence-electron chi connectivity index (χ2n) is 2.53. The maximum absolute atomic E-state index is 10.1. The van der Waals surface area contributed by atoms with Crippen LogP contribution >= 0.6 is 24.4 Å². The van der Waals surface area contributed by atoms with Crippen molar-refractivity contribution in [3.8, 4) is 0 Å². The van der Waals surface area contributed by atoms with Gasteiger partial charge in [0.2, 0.25) is 0 Å². The van der Waals surface area contributed by atoms with Crippen molar-refractivity contribution in [1.82, 2.24) is 0 Å². The Kier molecular flexibility index (Phi) is 9.21. The summed E-state index contributed by atoms with van der Waals surface area (Å²) in [5, 5.41) is 10.1. The van der Waals surface area contributed by atoms with Crippen molar-refractivity contribution in [2.24, 2.45) is 0 Å². The first kappa shape index (κ1) is 15.7. The summed E-state index contributed by atoms with van der Waals surface area (Å²) in [7, 11) is 0. The van der Waals surface area contributed by atoms with Crippen molar-refractivity contribution in [2.75, 3.05) is 0 Å². The Hall–Kier alpha value is 0.696. The van der Waals surface area contributed by atoms with Gasteiger partial charge >= 0.3 is 51.4 Å². The van der Waals surface area contributed by atoms with Gasteiger partial charge in [-0.2, -0.15) is 0 Å². The van der Waals surface area contributed by atoms with Crippen molar-refractivity contribution in [1.29, 1.82) is 0 Å². The monoisotopic (exact) mass is 267 g/mol. The molecule has 0 fully saturated rings. The molecule has 0 atom stereocenters. The molecule has 0 heterocycles. The van der Waals surface area contributed by atoms with Gasteiger partial charge in [0.15, 0.2) is 0 Å². The van der Waals surface area contributed by atoms with Gasteiger partial charge in [0.05, 0.1) is 4.92 Å². The molecule has 76 valence electrons. The molecule has 0 radical (unpaired) electrons. The summed E-state index contributed by atoms with van der Waals surface area (Å²) in [5.74, 6) is 0.698. The summed E-state index contributed by atoms with van der Waals surface area (Å²) >= 11 is 5.32. The number of thiol groups is 1. The van der Waals surface area contributed by atoms with E-state index in [0.29, 0.717) is 9.99 Å². The molecule has 0 aliphatic carbocycles. The zero-order chi connectivity index (χ0) is 10.4. The second-order valence-corrected chi connectivity index (χ2v) is 4.33. The van der Waals surface area contributed by atoms with Crippen molar-refractivity contribution >= 4 is 75.8 Å². The molecule has 3 nitrogen and oxygen atoms in total. The van der Waals surface area contributed by atoms with Crippen molar-refractivity contribution < 1.29 is 4.92 Å². The fourth-order valence-corrected chi connectivity index (χ4v) is 1.81. The minimum atomic E-state index is -0.500. The molecule has 0 unspecified atom stereocenters. The number of rotatable bonds is 4.